The Hall–Kier alpha value is -2.71. The Kier molecular flexibility index (Phi) is 4.43. The average molecular weight is 267 g/mol. The molecule has 0 aliphatic carbocycles. The number of hydrogen-bond donors (Lipinski definition) is 2. The topological polar surface area (TPSA) is 75.1 Å². The molecular weight excluding hydrogens is 254 g/mol. The van der Waals surface area contributed by atoms with E-state index in [2.05, 4.69) is 27.1 Å². The van der Waals surface area contributed by atoms with Gasteiger partial charge in [0.2, 0.25) is 0 Å². The summed E-state index contributed by atoms with van der Waals surface area (Å²) in [5.74, 6) is 4.87. The van der Waals surface area contributed by atoms with E-state index in [1.165, 1.54) is 6.20 Å². The van der Waals surface area contributed by atoms with Crippen LogP contribution in [0.1, 0.15) is 21.6 Å². The number of aryl methyl sites for hydroxylation is 1. The maximum absolute atomic E-state index is 12.2. The van der Waals surface area contributed by atoms with Gasteiger partial charge in [-0.05, 0) is 30.7 Å². The van der Waals surface area contributed by atoms with Gasteiger partial charge in [-0.1, -0.05) is 11.8 Å². The zero-order valence-electron chi connectivity index (χ0n) is 10.9. The van der Waals surface area contributed by atoms with Crippen molar-refractivity contribution >= 4 is 11.6 Å². The lowest BCUT2D eigenvalue weighted by Gasteiger charge is -2.08. The Bertz CT molecular complexity index is 687. The molecule has 0 bridgehead atoms. The minimum atomic E-state index is -0.345. The van der Waals surface area contributed by atoms with E-state index in [0.29, 0.717) is 11.3 Å². The first kappa shape index (κ1) is 13.7. The van der Waals surface area contributed by atoms with Crippen LogP contribution >= 0.6 is 0 Å². The van der Waals surface area contributed by atoms with Crippen molar-refractivity contribution < 1.29 is 9.90 Å². The summed E-state index contributed by atoms with van der Waals surface area (Å²) in [4.78, 5) is 20.2. The van der Waals surface area contributed by atoms with Crippen LogP contribution in [0.25, 0.3) is 0 Å². The number of nitrogens with zero attached hydrogens (tertiary/aromatic N) is 2. The van der Waals surface area contributed by atoms with E-state index >= 15 is 0 Å². The number of nitrogens with one attached hydrogen (secondary N) is 1. The molecule has 100 valence electrons. The van der Waals surface area contributed by atoms with Gasteiger partial charge < -0.3 is 10.4 Å². The molecule has 2 aromatic heterocycles. The molecule has 5 nitrogen and oxygen atoms in total. The van der Waals surface area contributed by atoms with Crippen LogP contribution in [-0.2, 0) is 0 Å². The van der Waals surface area contributed by atoms with Crippen molar-refractivity contribution in [2.75, 3.05) is 11.9 Å². The second-order valence-electron chi connectivity index (χ2n) is 4.00. The summed E-state index contributed by atoms with van der Waals surface area (Å²) >= 11 is 0. The highest BCUT2D eigenvalue weighted by atomic mass is 16.2. The van der Waals surface area contributed by atoms with E-state index in [9.17, 15) is 4.79 Å². The van der Waals surface area contributed by atoms with E-state index in [1.807, 2.05) is 6.92 Å². The fraction of sp³-hybridized carbons (Fsp3) is 0.133. The molecule has 2 rings (SSSR count). The first-order valence-corrected chi connectivity index (χ1v) is 5.99. The largest absolute Gasteiger partial charge is 0.384 e. The number of carbonyl (C=O) groups is 1. The summed E-state index contributed by atoms with van der Waals surface area (Å²) in [7, 11) is 0. The lowest BCUT2D eigenvalue weighted by molar-refractivity contribution is 0.102. The molecule has 0 atom stereocenters. The fourth-order valence-corrected chi connectivity index (χ4v) is 1.62. The number of pyridine rings is 2. The molecule has 0 saturated heterocycles. The molecule has 0 radical (unpaired) electrons. The van der Waals surface area contributed by atoms with Crippen LogP contribution < -0.4 is 5.32 Å². The lowest BCUT2D eigenvalue weighted by atomic mass is 10.1. The third-order valence-electron chi connectivity index (χ3n) is 2.59. The number of amides is 1. The Morgan fingerprint density at radius 2 is 2.25 bits per heavy atom. The monoisotopic (exact) mass is 267 g/mol. The fourth-order valence-electron chi connectivity index (χ4n) is 1.62. The highest BCUT2D eigenvalue weighted by Gasteiger charge is 2.12. The number of aromatic nitrogens is 2. The zero-order valence-corrected chi connectivity index (χ0v) is 10.9. The molecular formula is C15H13N3O2. The minimum absolute atomic E-state index is 0.227. The SMILES string of the molecule is Cc1cnccc1NC(=O)c1ncccc1C#CCO. The summed E-state index contributed by atoms with van der Waals surface area (Å²) in [6.45, 7) is 1.59. The molecule has 0 aliphatic rings. The van der Waals surface area contributed by atoms with Crippen LogP contribution in [0.4, 0.5) is 5.69 Å². The smallest absolute Gasteiger partial charge is 0.275 e. The highest BCUT2D eigenvalue weighted by Crippen LogP contribution is 2.14. The predicted octanol–water partition coefficient (Wildman–Crippen LogP) is 1.38. The van der Waals surface area contributed by atoms with E-state index in [1.54, 1.807) is 30.6 Å². The van der Waals surface area contributed by atoms with E-state index in [0.717, 1.165) is 5.56 Å². The molecule has 0 fully saturated rings. The summed E-state index contributed by atoms with van der Waals surface area (Å²) in [5.41, 5.74) is 2.24. The molecule has 20 heavy (non-hydrogen) atoms. The predicted molar refractivity (Wildman–Crippen MR) is 75.1 cm³/mol. The quantitative estimate of drug-likeness (QED) is 0.806. The molecule has 0 spiro atoms. The van der Waals surface area contributed by atoms with Crippen LogP contribution in [0.5, 0.6) is 0 Å². The van der Waals surface area contributed by atoms with Gasteiger partial charge in [-0.15, -0.1) is 0 Å². The van der Waals surface area contributed by atoms with Gasteiger partial charge in [0.1, 0.15) is 12.3 Å². The average Bonchev–Trinajstić information content (AvgIpc) is 2.47. The Balaban J connectivity index is 2.28. The molecule has 0 aliphatic heterocycles. The second kappa shape index (κ2) is 6.45. The molecule has 1 amide bonds. The van der Waals surface area contributed by atoms with Gasteiger partial charge in [0.05, 0.1) is 5.56 Å². The van der Waals surface area contributed by atoms with Crippen molar-refractivity contribution in [2.24, 2.45) is 0 Å². The molecule has 0 unspecified atom stereocenters. The van der Waals surface area contributed by atoms with Crippen molar-refractivity contribution in [1.29, 1.82) is 0 Å². The summed E-state index contributed by atoms with van der Waals surface area (Å²) in [6.07, 6.45) is 4.80. The van der Waals surface area contributed by atoms with Crippen LogP contribution in [0.3, 0.4) is 0 Å². The molecule has 0 saturated carbocycles. The van der Waals surface area contributed by atoms with Crippen LogP contribution in [0.15, 0.2) is 36.8 Å². The van der Waals surface area contributed by atoms with E-state index in [-0.39, 0.29) is 18.2 Å². The first-order valence-electron chi connectivity index (χ1n) is 5.99. The number of aliphatic hydroxyl groups excluding tert-OH is 1. The van der Waals surface area contributed by atoms with Gasteiger partial charge in [-0.2, -0.15) is 0 Å². The van der Waals surface area contributed by atoms with Gasteiger partial charge in [0, 0.05) is 24.3 Å². The Labute approximate surface area is 116 Å². The van der Waals surface area contributed by atoms with E-state index < -0.39 is 0 Å². The third kappa shape index (κ3) is 3.19. The standard InChI is InChI=1S/C15H13N3O2/c1-11-10-16-8-6-13(11)18-15(20)14-12(5-3-9-19)4-2-7-17-14/h2,4,6-8,10,19H,9H2,1H3,(H,16,18,20). The molecule has 2 aromatic rings. The van der Waals surface area contributed by atoms with E-state index in [4.69, 9.17) is 5.11 Å². The number of rotatable bonds is 2. The van der Waals surface area contributed by atoms with Crippen LogP contribution in [0, 0.1) is 18.8 Å². The van der Waals surface area contributed by atoms with Gasteiger partial charge in [0.25, 0.3) is 5.91 Å². The van der Waals surface area contributed by atoms with Gasteiger partial charge >= 0.3 is 0 Å². The second-order valence-corrected chi connectivity index (χ2v) is 4.00. The maximum atomic E-state index is 12.2. The molecule has 5 heteroatoms. The zero-order chi connectivity index (χ0) is 14.4. The first-order chi connectivity index (χ1) is 9.72. The third-order valence-corrected chi connectivity index (χ3v) is 2.59. The summed E-state index contributed by atoms with van der Waals surface area (Å²) in [5, 5.41) is 11.5. The van der Waals surface area contributed by atoms with Crippen molar-refractivity contribution in [3.8, 4) is 11.8 Å². The number of anilines is 1. The number of carbonyl (C=O) groups excluding carboxylic acids is 1. The van der Waals surface area contributed by atoms with Gasteiger partial charge in [-0.3, -0.25) is 9.78 Å². The minimum Gasteiger partial charge on any atom is -0.384 e. The maximum Gasteiger partial charge on any atom is 0.275 e. The molecule has 2 N–H and O–H groups in total. The van der Waals surface area contributed by atoms with Crippen LogP contribution in [-0.4, -0.2) is 27.6 Å². The Morgan fingerprint density at radius 1 is 1.40 bits per heavy atom. The highest BCUT2D eigenvalue weighted by molar-refractivity contribution is 6.04. The van der Waals surface area contributed by atoms with Crippen molar-refractivity contribution in [3.05, 3.63) is 53.6 Å². The van der Waals surface area contributed by atoms with Crippen molar-refractivity contribution in [3.63, 3.8) is 0 Å². The van der Waals surface area contributed by atoms with Gasteiger partial charge in [0.15, 0.2) is 0 Å². The normalized spacial score (nSPS) is 9.50. The number of hydrogen-bond acceptors (Lipinski definition) is 4. The molecule has 0 aromatic carbocycles. The number of aliphatic hydroxyl groups is 1. The lowest BCUT2D eigenvalue weighted by Crippen LogP contribution is -2.16. The molecule has 2 heterocycles. The summed E-state index contributed by atoms with van der Waals surface area (Å²) < 4.78 is 0. The van der Waals surface area contributed by atoms with Crippen molar-refractivity contribution in [1.82, 2.24) is 9.97 Å². The summed E-state index contributed by atoms with van der Waals surface area (Å²) in [6, 6.07) is 5.09. The van der Waals surface area contributed by atoms with Gasteiger partial charge in [-0.25, -0.2) is 4.98 Å². The Morgan fingerprint density at radius 3 is 3.00 bits per heavy atom. The van der Waals surface area contributed by atoms with Crippen LogP contribution in [0.2, 0.25) is 0 Å². The van der Waals surface area contributed by atoms with Crippen molar-refractivity contribution in [2.45, 2.75) is 6.92 Å².